The van der Waals surface area contributed by atoms with Crippen LogP contribution in [0, 0.1) is 0 Å². The summed E-state index contributed by atoms with van der Waals surface area (Å²) in [5, 5.41) is 27.7. The second-order valence-corrected chi connectivity index (χ2v) is 13.2. The number of urea groups is 1. The zero-order valence-electron chi connectivity index (χ0n) is 26.8. The van der Waals surface area contributed by atoms with E-state index in [1.807, 2.05) is 0 Å². The first-order valence-electron chi connectivity index (χ1n) is 14.7. The molecule has 0 radical (unpaired) electrons. The van der Waals surface area contributed by atoms with Gasteiger partial charge in [-0.15, -0.1) is 21.1 Å². The number of aliphatic carboxylic acids is 2. The quantitative estimate of drug-likeness (QED) is 0.0407. The monoisotopic (exact) mass is 724 g/mol. The molecule has 4 heterocycles. The number of carbonyl (C=O) groups is 5. The van der Waals surface area contributed by atoms with E-state index >= 15 is 0 Å². The highest BCUT2D eigenvalue weighted by molar-refractivity contribution is 8.00. The second-order valence-electron chi connectivity index (χ2n) is 11.3. The van der Waals surface area contributed by atoms with Crippen LogP contribution in [0.15, 0.2) is 22.6 Å². The number of anilines is 3. The van der Waals surface area contributed by atoms with Crippen molar-refractivity contribution in [2.75, 3.05) is 48.7 Å². The van der Waals surface area contributed by atoms with Crippen molar-refractivity contribution in [1.82, 2.24) is 29.2 Å². The van der Waals surface area contributed by atoms with Gasteiger partial charge in [0.2, 0.25) is 23.3 Å². The van der Waals surface area contributed by atoms with Crippen LogP contribution in [0.5, 0.6) is 0 Å². The van der Waals surface area contributed by atoms with E-state index in [0.717, 1.165) is 16.4 Å². The summed E-state index contributed by atoms with van der Waals surface area (Å²) in [6, 6.07) is -1.60. The van der Waals surface area contributed by atoms with Crippen molar-refractivity contribution in [3.8, 4) is 0 Å². The summed E-state index contributed by atoms with van der Waals surface area (Å²) in [4.78, 5) is 75.1. The summed E-state index contributed by atoms with van der Waals surface area (Å²) in [7, 11) is 1.63. The van der Waals surface area contributed by atoms with E-state index in [9.17, 15) is 34.2 Å². The summed E-state index contributed by atoms with van der Waals surface area (Å²) in [5.41, 5.74) is 21.2. The minimum absolute atomic E-state index is 0.00282. The molecular weight excluding hydrogens is 687 g/mol. The van der Waals surface area contributed by atoms with Crippen LogP contribution in [0.2, 0.25) is 0 Å². The fraction of sp³-hybridized carbons (Fsp3) is 0.500. The van der Waals surface area contributed by atoms with Crippen LogP contribution in [0.25, 0.3) is 0 Å². The van der Waals surface area contributed by atoms with Crippen LogP contribution in [-0.2, 0) is 37.6 Å². The van der Waals surface area contributed by atoms with Gasteiger partial charge in [-0.1, -0.05) is 5.16 Å². The lowest BCUT2D eigenvalue weighted by Gasteiger charge is -2.49. The Morgan fingerprint density at radius 3 is 2.51 bits per heavy atom. The Bertz CT molecular complexity index is 1700. The van der Waals surface area contributed by atoms with E-state index in [1.54, 1.807) is 17.9 Å². The molecule has 4 amide bonds. The van der Waals surface area contributed by atoms with Crippen LogP contribution in [0.4, 0.5) is 21.4 Å². The Hall–Kier alpha value is -5.00. The van der Waals surface area contributed by atoms with Crippen LogP contribution in [-0.4, -0.2) is 118 Å². The number of aromatic nitrogens is 4. The molecule has 2 aromatic heterocycles. The third kappa shape index (κ3) is 7.84. The number of oxime groups is 1. The van der Waals surface area contributed by atoms with Crippen molar-refractivity contribution >= 4 is 75.4 Å². The van der Waals surface area contributed by atoms with Crippen molar-refractivity contribution in [3.05, 3.63) is 23.3 Å². The van der Waals surface area contributed by atoms with Gasteiger partial charge in [-0.2, -0.15) is 9.36 Å². The summed E-state index contributed by atoms with van der Waals surface area (Å²) >= 11 is 1.97. The van der Waals surface area contributed by atoms with E-state index < -0.39 is 52.5 Å². The largest absolute Gasteiger partial charge is 0.478 e. The van der Waals surface area contributed by atoms with Crippen LogP contribution < -0.4 is 38.3 Å². The molecule has 4 rings (SSSR count). The smallest absolute Gasteiger partial charge is 0.352 e. The van der Waals surface area contributed by atoms with Crippen LogP contribution in [0.1, 0.15) is 26.1 Å². The molecule has 23 heteroatoms. The van der Waals surface area contributed by atoms with Gasteiger partial charge in [0.25, 0.3) is 11.8 Å². The minimum atomic E-state index is -1.82. The van der Waals surface area contributed by atoms with Crippen molar-refractivity contribution < 1.29 is 43.7 Å². The average Bonchev–Trinajstić information content (AvgIpc) is 3.59. The molecular formula is C26H38N13O8S2+. The van der Waals surface area contributed by atoms with Crippen molar-refractivity contribution in [2.45, 2.75) is 43.8 Å². The SMILES string of the molecule is Cn1c(N)c(NC(=O)N(CCN)CCCN)c[n+]1CC1=C(C(=O)O)N2C(=O)[C@@H](NC(=O)/C(=N\OC(C)(C)C(=O)O)c3nsc(N)n3)[C@H]2SC1. The normalized spacial score (nSPS) is 17.7. The van der Waals surface area contributed by atoms with Gasteiger partial charge in [0.1, 0.15) is 17.1 Å². The number of carbonyl (C=O) groups excluding carboxylic acids is 3. The van der Waals surface area contributed by atoms with Crippen LogP contribution >= 0.6 is 23.3 Å². The fourth-order valence-electron chi connectivity index (χ4n) is 4.73. The summed E-state index contributed by atoms with van der Waals surface area (Å²) in [5.74, 6) is -4.30. The number of hydrogen-bond acceptors (Lipinski definition) is 15. The standard InChI is InChI=1S/C26H37N13O8S2/c1-26(2,23(44)45)47-34-14(18-33-24(30)49-35-18)19(40)32-15-20(41)39-16(22(42)43)12(11-48-21(15)39)9-38-10-13(17(29)36(38)3)31-25(46)37(8-6-28)7-4-5-27/h10,15,21,29H,4-9,11,27-28H2,1-3H3,(H6,30,31,32,33,35,40,42,43,44,45,46)/p+1/b34-14-/t15-,21-/m1/s1. The molecule has 12 N–H and O–H groups in total. The van der Waals surface area contributed by atoms with Gasteiger partial charge in [-0.05, 0) is 26.8 Å². The number of thioether (sulfide) groups is 1. The van der Waals surface area contributed by atoms with E-state index in [4.69, 9.17) is 27.8 Å². The molecule has 2 aliphatic rings. The fourth-order valence-corrected chi connectivity index (χ4v) is 6.50. The van der Waals surface area contributed by atoms with Gasteiger partial charge in [0, 0.05) is 42.5 Å². The molecule has 0 aliphatic carbocycles. The Morgan fingerprint density at radius 2 is 1.92 bits per heavy atom. The highest BCUT2D eigenvalue weighted by Gasteiger charge is 2.55. The topological polar surface area (TPSA) is 317 Å². The summed E-state index contributed by atoms with van der Waals surface area (Å²) in [6.45, 7) is 3.76. The lowest BCUT2D eigenvalue weighted by atomic mass is 10.0. The Morgan fingerprint density at radius 1 is 1.20 bits per heavy atom. The molecule has 0 bridgehead atoms. The van der Waals surface area contributed by atoms with Crippen molar-refractivity contribution in [1.29, 1.82) is 0 Å². The maximum Gasteiger partial charge on any atom is 0.352 e. The highest BCUT2D eigenvalue weighted by Crippen LogP contribution is 2.40. The van der Waals surface area contributed by atoms with Gasteiger partial charge in [-0.3, -0.25) is 19.8 Å². The maximum atomic E-state index is 13.4. The second kappa shape index (κ2) is 15.0. The number of carboxylic acid groups (broad SMARTS) is 2. The first-order chi connectivity index (χ1) is 23.1. The molecule has 1 fully saturated rings. The van der Waals surface area contributed by atoms with Gasteiger partial charge in [0.05, 0.1) is 7.05 Å². The van der Waals surface area contributed by atoms with E-state index in [-0.39, 0.29) is 47.0 Å². The minimum Gasteiger partial charge on any atom is -0.478 e. The number of nitrogen functional groups attached to an aromatic ring is 2. The molecule has 0 saturated carbocycles. The maximum absolute atomic E-state index is 13.4. The Balaban J connectivity index is 1.53. The third-order valence-corrected chi connectivity index (χ3v) is 9.37. The zero-order valence-corrected chi connectivity index (χ0v) is 28.4. The van der Waals surface area contributed by atoms with E-state index in [1.165, 1.54) is 35.2 Å². The lowest BCUT2D eigenvalue weighted by Crippen LogP contribution is -2.71. The highest BCUT2D eigenvalue weighted by atomic mass is 32.2. The number of β-lactam (4-membered cyclic amide) rings is 1. The van der Waals surface area contributed by atoms with Gasteiger partial charge in [-0.25, -0.2) is 14.4 Å². The predicted octanol–water partition coefficient (Wildman–Crippen LogP) is -2.51. The van der Waals surface area contributed by atoms with Crippen molar-refractivity contribution in [3.63, 3.8) is 0 Å². The molecule has 266 valence electrons. The van der Waals surface area contributed by atoms with E-state index in [0.29, 0.717) is 31.6 Å². The third-order valence-electron chi connectivity index (χ3n) is 7.49. The molecule has 0 aromatic carbocycles. The first-order valence-corrected chi connectivity index (χ1v) is 16.5. The van der Waals surface area contributed by atoms with E-state index in [2.05, 4.69) is 25.1 Å². The number of nitrogens with one attached hydrogen (secondary N) is 2. The number of nitrogens with zero attached hydrogens (tertiary/aromatic N) is 7. The predicted molar refractivity (Wildman–Crippen MR) is 177 cm³/mol. The molecule has 2 atom stereocenters. The van der Waals surface area contributed by atoms with Gasteiger partial charge >= 0.3 is 18.0 Å². The molecule has 1 saturated heterocycles. The lowest BCUT2D eigenvalue weighted by molar-refractivity contribution is -0.765. The summed E-state index contributed by atoms with van der Waals surface area (Å²) < 4.78 is 7.05. The number of hydrogen-bond donors (Lipinski definition) is 8. The number of fused-ring (bicyclic) bond motifs is 1. The van der Waals surface area contributed by atoms with Gasteiger partial charge < -0.3 is 48.2 Å². The number of carboxylic acids is 2. The molecule has 49 heavy (non-hydrogen) atoms. The van der Waals surface area contributed by atoms with Gasteiger partial charge in [0.15, 0.2) is 23.2 Å². The average molecular weight is 725 g/mol. The first kappa shape index (κ1) is 36.8. The number of nitrogens with two attached hydrogens (primary N) is 4. The summed E-state index contributed by atoms with van der Waals surface area (Å²) in [6.07, 6.45) is 2.13. The van der Waals surface area contributed by atoms with Crippen molar-refractivity contribution in [2.24, 2.45) is 23.7 Å². The molecule has 0 unspecified atom stereocenters. The molecule has 0 spiro atoms. The zero-order chi connectivity index (χ0) is 36.2. The number of rotatable bonds is 15. The Kier molecular flexibility index (Phi) is 11.3. The Labute approximate surface area is 287 Å². The van der Waals surface area contributed by atoms with Crippen LogP contribution in [0.3, 0.4) is 0 Å². The molecule has 2 aliphatic heterocycles. The molecule has 2 aromatic rings. The number of amides is 4. The molecule has 21 nitrogen and oxygen atoms in total.